The number of nitrogens with zero attached hydrogens (tertiary/aromatic N) is 1. The number of hydrogen-bond donors (Lipinski definition) is 0. The lowest BCUT2D eigenvalue weighted by Crippen LogP contribution is -2.37. The van der Waals surface area contributed by atoms with Crippen LogP contribution in [0.1, 0.15) is 22.3 Å². The first-order chi connectivity index (χ1) is 19.9. The van der Waals surface area contributed by atoms with Gasteiger partial charge in [-0.05, 0) is 52.6 Å². The number of fused-ring (bicyclic) bond motifs is 15. The lowest BCUT2D eigenvalue weighted by atomic mass is 9.62. The Bertz CT molecular complexity index is 2370. The fourth-order valence-electron chi connectivity index (χ4n) is 7.59. The molecule has 8 aromatic rings. The van der Waals surface area contributed by atoms with Gasteiger partial charge in [0.15, 0.2) is 0 Å². The number of hydrogen-bond acceptors (Lipinski definition) is 2. The topological polar surface area (TPSA) is 18.1 Å². The zero-order valence-corrected chi connectivity index (χ0v) is 22.2. The molecule has 0 N–H and O–H groups in total. The molecule has 4 heterocycles. The molecule has 3 heteroatoms. The summed E-state index contributed by atoms with van der Waals surface area (Å²) in [6.45, 7) is 0. The van der Waals surface area contributed by atoms with Gasteiger partial charge in [-0.2, -0.15) is 0 Å². The van der Waals surface area contributed by atoms with Crippen molar-refractivity contribution in [3.05, 3.63) is 150 Å². The molecule has 2 aliphatic heterocycles. The van der Waals surface area contributed by atoms with E-state index in [9.17, 15) is 0 Å². The van der Waals surface area contributed by atoms with Crippen LogP contribution in [0.15, 0.2) is 142 Å². The van der Waals surface area contributed by atoms with E-state index >= 15 is 0 Å². The van der Waals surface area contributed by atoms with Gasteiger partial charge in [0, 0.05) is 31.3 Å². The Morgan fingerprint density at radius 2 is 1.25 bits per heavy atom. The van der Waals surface area contributed by atoms with E-state index in [2.05, 4.69) is 132 Å². The Balaban J connectivity index is 1.49. The maximum absolute atomic E-state index is 6.39. The molecule has 0 aliphatic carbocycles. The number of rotatable bonds is 0. The Hall–Kier alpha value is -4.73. The quantitative estimate of drug-likeness (QED) is 0.195. The van der Waals surface area contributed by atoms with Gasteiger partial charge in [-0.15, -0.1) is 0 Å². The van der Waals surface area contributed by atoms with Crippen molar-refractivity contribution in [2.75, 3.05) is 0 Å². The predicted molar refractivity (Wildman–Crippen MR) is 164 cm³/mol. The summed E-state index contributed by atoms with van der Waals surface area (Å²) in [7, 11) is 0. The van der Waals surface area contributed by atoms with E-state index in [0.29, 0.717) is 0 Å². The minimum atomic E-state index is -0.468. The molecule has 6 aromatic carbocycles. The third kappa shape index (κ3) is 2.32. The second-order valence-corrected chi connectivity index (χ2v) is 11.9. The van der Waals surface area contributed by atoms with Gasteiger partial charge >= 0.3 is 0 Å². The number of aromatic nitrogens is 1. The first kappa shape index (κ1) is 21.1. The summed E-state index contributed by atoms with van der Waals surface area (Å²) in [6, 6.07) is 46.7. The largest absolute Gasteiger partial charge is 0.456 e. The molecular weight excluding hydrogens is 506 g/mol. The molecule has 0 bridgehead atoms. The fourth-order valence-corrected chi connectivity index (χ4v) is 8.93. The van der Waals surface area contributed by atoms with Crippen LogP contribution in [0.2, 0.25) is 0 Å². The molecule has 2 aliphatic rings. The maximum Gasteiger partial charge on any atom is 0.136 e. The van der Waals surface area contributed by atoms with E-state index in [-0.39, 0.29) is 0 Å². The monoisotopic (exact) mass is 527 g/mol. The average molecular weight is 528 g/mol. The van der Waals surface area contributed by atoms with Gasteiger partial charge in [-0.3, -0.25) is 0 Å². The molecule has 2 nitrogen and oxygen atoms in total. The standard InChI is InChI=1S/C37H21NOS/c1-5-16-29-22(10-1)23-12-9-15-27-35(23)38(29)30-17-6-3-13-25(30)37(27)26-14-4-8-19-33(26)40-36-28(37)20-21-32-34(36)24-11-2-7-18-31(24)39-32/h1-21H. The molecule has 0 radical (unpaired) electrons. The fraction of sp³-hybridized carbons (Fsp3) is 0.0270. The highest BCUT2D eigenvalue weighted by molar-refractivity contribution is 7.99. The Labute approximate surface area is 234 Å². The summed E-state index contributed by atoms with van der Waals surface area (Å²) in [6.07, 6.45) is 0. The van der Waals surface area contributed by atoms with Gasteiger partial charge in [0.2, 0.25) is 0 Å². The van der Waals surface area contributed by atoms with E-state index < -0.39 is 5.41 Å². The average Bonchev–Trinajstić information content (AvgIpc) is 3.56. The van der Waals surface area contributed by atoms with Crippen molar-refractivity contribution >= 4 is 55.5 Å². The number of para-hydroxylation sites is 4. The summed E-state index contributed by atoms with van der Waals surface area (Å²) in [5.41, 5.74) is 10.5. The van der Waals surface area contributed by atoms with Gasteiger partial charge in [-0.25, -0.2) is 0 Å². The lowest BCUT2D eigenvalue weighted by molar-refractivity contribution is 0.664. The molecule has 10 rings (SSSR count). The first-order valence-corrected chi connectivity index (χ1v) is 14.5. The van der Waals surface area contributed by atoms with Crippen molar-refractivity contribution in [1.29, 1.82) is 0 Å². The number of benzene rings is 6. The summed E-state index contributed by atoms with van der Waals surface area (Å²) in [5.74, 6) is 0. The van der Waals surface area contributed by atoms with E-state index in [4.69, 9.17) is 4.42 Å². The SMILES string of the molecule is c1ccc2c(c1)Sc1c(ccc3oc4ccccc4c13)C21c2ccccc2-n2c3ccccc3c3cccc1c32. The van der Waals surface area contributed by atoms with E-state index in [1.54, 1.807) is 0 Å². The predicted octanol–water partition coefficient (Wildman–Crippen LogP) is 9.84. The highest BCUT2D eigenvalue weighted by Crippen LogP contribution is 2.61. The molecule has 0 saturated carbocycles. The van der Waals surface area contributed by atoms with Crippen molar-refractivity contribution in [2.24, 2.45) is 0 Å². The highest BCUT2D eigenvalue weighted by Gasteiger charge is 2.49. The first-order valence-electron chi connectivity index (χ1n) is 13.7. The van der Waals surface area contributed by atoms with Gasteiger partial charge < -0.3 is 8.98 Å². The minimum Gasteiger partial charge on any atom is -0.456 e. The van der Waals surface area contributed by atoms with Crippen molar-refractivity contribution in [1.82, 2.24) is 4.57 Å². The third-order valence-corrected chi connectivity index (χ3v) is 10.3. The molecular formula is C37H21NOS. The molecule has 1 spiro atoms. The van der Waals surface area contributed by atoms with Gasteiger partial charge in [0.05, 0.1) is 22.1 Å². The Morgan fingerprint density at radius 1 is 0.525 bits per heavy atom. The molecule has 1 unspecified atom stereocenters. The van der Waals surface area contributed by atoms with Crippen LogP contribution in [0.3, 0.4) is 0 Å². The normalized spacial score (nSPS) is 17.0. The Morgan fingerprint density at radius 3 is 2.20 bits per heavy atom. The van der Waals surface area contributed by atoms with Crippen LogP contribution < -0.4 is 0 Å². The minimum absolute atomic E-state index is 0.468. The van der Waals surface area contributed by atoms with E-state index in [0.717, 1.165) is 11.2 Å². The smallest absolute Gasteiger partial charge is 0.136 e. The van der Waals surface area contributed by atoms with E-state index in [1.807, 2.05) is 11.8 Å². The highest BCUT2D eigenvalue weighted by atomic mass is 32.2. The van der Waals surface area contributed by atoms with Crippen molar-refractivity contribution in [2.45, 2.75) is 15.2 Å². The maximum atomic E-state index is 6.39. The van der Waals surface area contributed by atoms with Crippen molar-refractivity contribution in [3.63, 3.8) is 0 Å². The second kappa shape index (κ2) is 7.26. The zero-order chi connectivity index (χ0) is 26.0. The number of furan rings is 1. The van der Waals surface area contributed by atoms with Crippen LogP contribution in [0, 0.1) is 0 Å². The molecule has 186 valence electrons. The van der Waals surface area contributed by atoms with E-state index in [1.165, 1.54) is 70.3 Å². The molecule has 0 saturated heterocycles. The van der Waals surface area contributed by atoms with Crippen molar-refractivity contribution in [3.8, 4) is 5.69 Å². The van der Waals surface area contributed by atoms with Gasteiger partial charge in [0.25, 0.3) is 0 Å². The van der Waals surface area contributed by atoms with Crippen LogP contribution in [0.5, 0.6) is 0 Å². The second-order valence-electron chi connectivity index (χ2n) is 10.8. The van der Waals surface area contributed by atoms with Crippen LogP contribution >= 0.6 is 11.8 Å². The third-order valence-electron chi connectivity index (χ3n) is 9.05. The van der Waals surface area contributed by atoms with Gasteiger partial charge in [-0.1, -0.05) is 109 Å². The van der Waals surface area contributed by atoms with Crippen LogP contribution in [-0.2, 0) is 5.41 Å². The molecule has 1 atom stereocenters. The molecule has 0 amide bonds. The molecule has 2 aromatic heterocycles. The van der Waals surface area contributed by atoms with Crippen LogP contribution in [-0.4, -0.2) is 4.57 Å². The summed E-state index contributed by atoms with van der Waals surface area (Å²) >= 11 is 1.88. The summed E-state index contributed by atoms with van der Waals surface area (Å²) < 4.78 is 8.88. The zero-order valence-electron chi connectivity index (χ0n) is 21.4. The van der Waals surface area contributed by atoms with Crippen molar-refractivity contribution < 1.29 is 4.42 Å². The summed E-state index contributed by atoms with van der Waals surface area (Å²) in [4.78, 5) is 2.58. The van der Waals surface area contributed by atoms with Crippen LogP contribution in [0.4, 0.5) is 0 Å². The summed E-state index contributed by atoms with van der Waals surface area (Å²) in [5, 5.41) is 4.98. The van der Waals surface area contributed by atoms with Crippen LogP contribution in [0.25, 0.3) is 49.4 Å². The Kier molecular flexibility index (Phi) is 3.84. The molecule has 40 heavy (non-hydrogen) atoms. The lowest BCUT2D eigenvalue weighted by Gasteiger charge is -2.45. The molecule has 0 fully saturated rings. The van der Waals surface area contributed by atoms with Gasteiger partial charge in [0.1, 0.15) is 11.2 Å².